The van der Waals surface area contributed by atoms with Crippen molar-refractivity contribution in [2.45, 2.75) is 243 Å². The number of amides is 13. The number of aliphatic hydroxyl groups is 2. The fourth-order valence-corrected chi connectivity index (χ4v) is 11.9. The molecule has 0 fully saturated rings. The van der Waals surface area contributed by atoms with Gasteiger partial charge in [0.05, 0.1) is 19.8 Å². The lowest BCUT2D eigenvalue weighted by Crippen LogP contribution is -2.62. The van der Waals surface area contributed by atoms with Crippen molar-refractivity contribution in [3.63, 3.8) is 0 Å². The van der Waals surface area contributed by atoms with E-state index >= 15 is 0 Å². The van der Waals surface area contributed by atoms with Gasteiger partial charge in [0, 0.05) is 42.8 Å². The Hall–Kier alpha value is -10.2. The second kappa shape index (κ2) is 51.4. The Morgan fingerprint density at radius 3 is 1.32 bits per heavy atom. The minimum absolute atomic E-state index is 0.0707. The molecular weight excluding hydrogens is 1450 g/mol. The van der Waals surface area contributed by atoms with E-state index in [1.54, 1.807) is 102 Å². The number of carbonyl (C=O) groups is 15. The molecule has 36 nitrogen and oxygen atoms in total. The number of aliphatic hydroxyl groups excluding tert-OH is 2. The van der Waals surface area contributed by atoms with Crippen molar-refractivity contribution in [3.05, 3.63) is 71.9 Å². The van der Waals surface area contributed by atoms with Gasteiger partial charge in [-0.1, -0.05) is 155 Å². The molecule has 3 rings (SSSR count). The number of nitrogens with one attached hydrogen (secondary N) is 14. The molecule has 2 aromatic carbocycles. The summed E-state index contributed by atoms with van der Waals surface area (Å²) in [5, 5.41) is 73.3. The van der Waals surface area contributed by atoms with Crippen molar-refractivity contribution in [2.24, 2.45) is 35.0 Å². The molecule has 13 atom stereocenters. The first-order chi connectivity index (χ1) is 53.3. The Morgan fingerprint density at radius 1 is 0.402 bits per heavy atom. The summed E-state index contributed by atoms with van der Waals surface area (Å²) in [5.74, 6) is -16.3. The predicted octanol–water partition coefficient (Wildman–Crippen LogP) is -1.83. The maximum absolute atomic E-state index is 14.5. The summed E-state index contributed by atoms with van der Waals surface area (Å²) < 4.78 is 0. The molecule has 0 saturated heterocycles. The van der Waals surface area contributed by atoms with Gasteiger partial charge in [-0.05, 0) is 93.6 Å². The largest absolute Gasteiger partial charge is 0.481 e. The minimum atomic E-state index is -1.87. The number of carbonyl (C=O) groups excluding carboxylic acids is 13. The van der Waals surface area contributed by atoms with Crippen LogP contribution in [0.5, 0.6) is 0 Å². The monoisotopic (exact) mass is 1580 g/mol. The summed E-state index contributed by atoms with van der Waals surface area (Å²) in [6.45, 7) is 9.82. The van der Waals surface area contributed by atoms with Crippen molar-refractivity contribution in [3.8, 4) is 0 Å². The van der Waals surface area contributed by atoms with Gasteiger partial charge in [0.2, 0.25) is 76.8 Å². The van der Waals surface area contributed by atoms with Crippen LogP contribution in [0.2, 0.25) is 0 Å². The number of aromatic amines is 1. The second-order valence-corrected chi connectivity index (χ2v) is 28.6. The Balaban J connectivity index is 1.82. The molecule has 1 aromatic heterocycles. The molecule has 36 heteroatoms. The number of para-hydroxylation sites is 1. The van der Waals surface area contributed by atoms with E-state index in [9.17, 15) is 92.3 Å². The second-order valence-electron chi connectivity index (χ2n) is 28.6. The summed E-state index contributed by atoms with van der Waals surface area (Å²) in [6.07, 6.45) is 9.15. The van der Waals surface area contributed by atoms with Gasteiger partial charge in [0.25, 0.3) is 0 Å². The number of carboxylic acid groups (broad SMARTS) is 2. The Labute approximate surface area is 653 Å². The summed E-state index contributed by atoms with van der Waals surface area (Å²) in [7, 11) is 0. The molecule has 0 spiro atoms. The number of nitrogens with two attached hydrogens (primary N) is 3. The van der Waals surface area contributed by atoms with Crippen molar-refractivity contribution >= 4 is 99.6 Å². The highest BCUT2D eigenvalue weighted by molar-refractivity contribution is 6.00. The van der Waals surface area contributed by atoms with Gasteiger partial charge in [-0.2, -0.15) is 0 Å². The molecule has 0 aliphatic carbocycles. The summed E-state index contributed by atoms with van der Waals surface area (Å²) >= 11 is 0. The Morgan fingerprint density at radius 2 is 0.812 bits per heavy atom. The third-order valence-corrected chi connectivity index (χ3v) is 18.8. The molecular formula is C76H121N17O19. The molecule has 0 aliphatic rings. The Bertz CT molecular complexity index is 3560. The van der Waals surface area contributed by atoms with Crippen LogP contribution in [-0.4, -0.2) is 226 Å². The highest BCUT2D eigenvalue weighted by atomic mass is 16.4. The van der Waals surface area contributed by atoms with Gasteiger partial charge in [-0.25, -0.2) is 0 Å². The molecule has 1 heterocycles. The topological polar surface area (TPSA) is 587 Å². The molecule has 624 valence electrons. The summed E-state index contributed by atoms with van der Waals surface area (Å²) in [4.78, 5) is 207. The number of aromatic nitrogens is 1. The molecule has 3 aromatic rings. The molecule has 13 amide bonds. The van der Waals surface area contributed by atoms with Gasteiger partial charge in [0.1, 0.15) is 72.5 Å². The van der Waals surface area contributed by atoms with Crippen LogP contribution < -0.4 is 86.3 Å². The average Bonchev–Trinajstić information content (AvgIpc) is 1.63. The van der Waals surface area contributed by atoms with E-state index in [-0.39, 0.29) is 70.0 Å². The van der Waals surface area contributed by atoms with E-state index in [2.05, 4.69) is 81.0 Å². The molecule has 112 heavy (non-hydrogen) atoms. The quantitative estimate of drug-likeness (QED) is 0.0276. The number of benzene rings is 2. The lowest BCUT2D eigenvalue weighted by atomic mass is 9.96. The molecule has 24 N–H and O–H groups in total. The number of unbranched alkanes of at least 4 members (excludes halogenated alkanes) is 8. The van der Waals surface area contributed by atoms with Gasteiger partial charge in [-0.15, -0.1) is 0 Å². The zero-order valence-electron chi connectivity index (χ0n) is 65.5. The van der Waals surface area contributed by atoms with Crippen LogP contribution in [0, 0.1) is 17.8 Å². The van der Waals surface area contributed by atoms with E-state index in [0.717, 1.165) is 25.7 Å². The van der Waals surface area contributed by atoms with Gasteiger partial charge < -0.3 is 112 Å². The predicted molar refractivity (Wildman–Crippen MR) is 415 cm³/mol. The first-order valence-corrected chi connectivity index (χ1v) is 38.5. The molecule has 0 saturated carbocycles. The van der Waals surface area contributed by atoms with Crippen LogP contribution in [-0.2, 0) is 84.8 Å². The number of H-pyrrole nitrogens is 1. The van der Waals surface area contributed by atoms with E-state index in [0.29, 0.717) is 34.9 Å². The number of carboxylic acids is 2. The van der Waals surface area contributed by atoms with Crippen molar-refractivity contribution in [2.75, 3.05) is 39.4 Å². The van der Waals surface area contributed by atoms with E-state index < -0.39 is 200 Å². The van der Waals surface area contributed by atoms with Gasteiger partial charge in [-0.3, -0.25) is 71.9 Å². The zero-order valence-corrected chi connectivity index (χ0v) is 65.5. The van der Waals surface area contributed by atoms with Crippen LogP contribution in [0.15, 0.2) is 60.8 Å². The van der Waals surface area contributed by atoms with Crippen molar-refractivity contribution in [1.82, 2.24) is 74.1 Å². The van der Waals surface area contributed by atoms with Crippen LogP contribution in [0.25, 0.3) is 10.9 Å². The van der Waals surface area contributed by atoms with Gasteiger partial charge >= 0.3 is 11.9 Å². The Kier molecular flexibility index (Phi) is 44.1. The van der Waals surface area contributed by atoms with Crippen LogP contribution >= 0.6 is 0 Å². The van der Waals surface area contributed by atoms with Crippen LogP contribution in [0.4, 0.5) is 0 Å². The number of fused-ring (bicyclic) bond motifs is 1. The fraction of sp³-hybridized carbons (Fsp3) is 0.618. The van der Waals surface area contributed by atoms with E-state index in [1.807, 2.05) is 0 Å². The first-order valence-electron chi connectivity index (χ1n) is 38.5. The lowest BCUT2D eigenvalue weighted by molar-refractivity contribution is -0.142. The maximum Gasteiger partial charge on any atom is 0.325 e. The fourth-order valence-electron chi connectivity index (χ4n) is 11.9. The third-order valence-electron chi connectivity index (χ3n) is 18.8. The number of hydrogen-bond acceptors (Lipinski definition) is 20. The first kappa shape index (κ1) is 96.0. The SMILES string of the molecule is CCCCCCCCCCCC(=O)N[C@@H](C(=O)N[C@H](CCN)C(=O)NCC(=O)N[C@H](CO)C(=O)N[C@H](Cc1c[nH]c2ccccc12)C(=O)N[C@@H](CO)C(=O)N[C@@H](CCN)C(=O)N[C@H](CCN)C(=O)N[C@@H](Cc1ccccc1)C(=O)N[C@@H](CCC(=O)O)C(=O)N[C@H](C(=O)N[C@@H](C(=O)N[C@@H](C)C(=O)O)[C@@H](C)CC)C(C)C)C(C)C. The number of aliphatic carboxylic acids is 2. The van der Waals surface area contributed by atoms with Crippen LogP contribution in [0.3, 0.4) is 0 Å². The van der Waals surface area contributed by atoms with E-state index in [1.165, 1.54) is 32.6 Å². The highest BCUT2D eigenvalue weighted by Crippen LogP contribution is 2.21. The normalized spacial score (nSPS) is 14.7. The summed E-state index contributed by atoms with van der Waals surface area (Å²) in [6, 6.07) is -2.91. The zero-order chi connectivity index (χ0) is 83.6. The van der Waals surface area contributed by atoms with E-state index in [4.69, 9.17) is 17.2 Å². The number of rotatable bonds is 55. The van der Waals surface area contributed by atoms with Crippen LogP contribution in [0.1, 0.15) is 169 Å². The van der Waals surface area contributed by atoms with Crippen molar-refractivity contribution < 1.29 is 92.3 Å². The molecule has 0 aliphatic heterocycles. The maximum atomic E-state index is 14.5. The average molecular weight is 1580 g/mol. The molecule has 0 unspecified atom stereocenters. The molecule has 0 bridgehead atoms. The van der Waals surface area contributed by atoms with Crippen molar-refractivity contribution in [1.29, 1.82) is 0 Å². The smallest absolute Gasteiger partial charge is 0.325 e. The third kappa shape index (κ3) is 33.8. The molecule has 0 radical (unpaired) electrons. The minimum Gasteiger partial charge on any atom is -0.481 e. The lowest BCUT2D eigenvalue weighted by Gasteiger charge is -2.30. The van der Waals surface area contributed by atoms with Gasteiger partial charge in [0.15, 0.2) is 0 Å². The number of hydrogen-bond donors (Lipinski definition) is 21. The summed E-state index contributed by atoms with van der Waals surface area (Å²) in [5.41, 5.74) is 19.2. The standard InChI is InChI=1S/C76H121N17O19/c1-9-11-12-13-14-15-16-17-21-28-59(96)91-62(43(3)4)73(108)87-52(31-34-77)65(100)81-40-60(97)83-57(41-94)71(106)89-56(38-48-39-80-50-27-23-22-26-49(48)50)70(105)90-58(42-95)72(107)86-53(32-35-78)66(101)85-54(33-36-79)67(102)88-55(37-47-24-19-18-20-25-47)69(104)84-51(29-30-61(98)99)68(103)92-63(44(5)6)74(109)93-64(45(7)10-2)75(110)82-46(8)76(111)112/h18-20,22-27,39,43-46,51-58,62-64,80,94-95H,9-17,21,28-38,40-42,77-79H2,1-8H3,(H,81,100)(H,82,110)(H,83,97)(H,84,104)(H,85,101)(H,86,107)(H,87,108)(H,88,102)(H,89,106)(H,90,105)(H,91,96)(H,92,103)(H,93,109)(H,98,99)(H,111,112)/t45-,46-,51-,52+,53-,54+,55-,56+,57+,58-,62+,63-,64+/m0/s1. The highest BCUT2D eigenvalue weighted by Gasteiger charge is 2.38.